The predicted octanol–water partition coefficient (Wildman–Crippen LogP) is 3.38. The molecule has 0 bridgehead atoms. The Hall–Kier alpha value is -1.51. The molecule has 0 heterocycles. The van der Waals surface area contributed by atoms with Crippen molar-refractivity contribution in [2.24, 2.45) is 0 Å². The summed E-state index contributed by atoms with van der Waals surface area (Å²) < 4.78 is 0. The number of nitrogens with one attached hydrogen (secondary N) is 1. The van der Waals surface area contributed by atoms with Crippen LogP contribution in [0.1, 0.15) is 44.0 Å². The van der Waals surface area contributed by atoms with Crippen molar-refractivity contribution in [3.05, 3.63) is 29.8 Å². The summed E-state index contributed by atoms with van der Waals surface area (Å²) in [6, 6.07) is 7.97. The molecule has 0 aromatic heterocycles. The van der Waals surface area contributed by atoms with Gasteiger partial charge in [0.25, 0.3) is 5.91 Å². The third-order valence-corrected chi connectivity index (χ3v) is 3.21. The van der Waals surface area contributed by atoms with Gasteiger partial charge in [0.15, 0.2) is 0 Å². The molecule has 3 nitrogen and oxygen atoms in total. The highest BCUT2D eigenvalue weighted by atomic mass is 16.2. The quantitative estimate of drug-likeness (QED) is 0.837. The molecular formula is C15H24N2O. The van der Waals surface area contributed by atoms with Gasteiger partial charge in [-0.25, -0.2) is 0 Å². The van der Waals surface area contributed by atoms with Gasteiger partial charge in [-0.1, -0.05) is 25.5 Å². The van der Waals surface area contributed by atoms with E-state index in [-0.39, 0.29) is 11.9 Å². The predicted molar refractivity (Wildman–Crippen MR) is 77.1 cm³/mol. The van der Waals surface area contributed by atoms with E-state index in [4.69, 9.17) is 0 Å². The Balaban J connectivity index is 2.89. The number of para-hydroxylation sites is 1. The molecule has 0 aliphatic carbocycles. The first-order valence-corrected chi connectivity index (χ1v) is 6.71. The fourth-order valence-corrected chi connectivity index (χ4v) is 2.02. The second-order valence-corrected chi connectivity index (χ2v) is 4.63. The first-order valence-electron chi connectivity index (χ1n) is 6.71. The van der Waals surface area contributed by atoms with Gasteiger partial charge in [-0.3, -0.25) is 4.79 Å². The van der Waals surface area contributed by atoms with Crippen LogP contribution in [0.2, 0.25) is 0 Å². The van der Waals surface area contributed by atoms with Crippen molar-refractivity contribution in [3.63, 3.8) is 0 Å². The summed E-state index contributed by atoms with van der Waals surface area (Å²) in [5.74, 6) is 0.0903. The molecule has 0 saturated carbocycles. The van der Waals surface area contributed by atoms with Gasteiger partial charge in [0.2, 0.25) is 0 Å². The molecule has 1 unspecified atom stereocenters. The van der Waals surface area contributed by atoms with E-state index in [1.165, 1.54) is 0 Å². The SMILES string of the molecule is CCCC(C)N(C)C(=O)c1ccccc1NCC. The van der Waals surface area contributed by atoms with E-state index < -0.39 is 0 Å². The van der Waals surface area contributed by atoms with Crippen LogP contribution in [0.15, 0.2) is 24.3 Å². The van der Waals surface area contributed by atoms with Crippen LogP contribution in [-0.4, -0.2) is 30.4 Å². The molecule has 0 spiro atoms. The number of rotatable bonds is 6. The molecule has 0 radical (unpaired) electrons. The number of anilines is 1. The fraction of sp³-hybridized carbons (Fsp3) is 0.533. The average molecular weight is 248 g/mol. The van der Waals surface area contributed by atoms with E-state index >= 15 is 0 Å². The van der Waals surface area contributed by atoms with Gasteiger partial charge in [-0.15, -0.1) is 0 Å². The van der Waals surface area contributed by atoms with Crippen LogP contribution in [0.5, 0.6) is 0 Å². The minimum absolute atomic E-state index is 0.0903. The van der Waals surface area contributed by atoms with Gasteiger partial charge in [0, 0.05) is 25.3 Å². The van der Waals surface area contributed by atoms with Crippen LogP contribution in [0, 0.1) is 0 Å². The molecule has 1 aromatic carbocycles. The highest BCUT2D eigenvalue weighted by molar-refractivity contribution is 5.99. The van der Waals surface area contributed by atoms with Crippen molar-refractivity contribution in [1.29, 1.82) is 0 Å². The molecule has 100 valence electrons. The van der Waals surface area contributed by atoms with Crippen LogP contribution >= 0.6 is 0 Å². The molecule has 3 heteroatoms. The average Bonchev–Trinajstić information content (AvgIpc) is 2.38. The first-order chi connectivity index (χ1) is 8.61. The standard InChI is InChI=1S/C15H24N2O/c1-5-9-12(3)17(4)15(18)13-10-7-8-11-14(13)16-6-2/h7-8,10-12,16H,5-6,9H2,1-4H3. The van der Waals surface area contributed by atoms with Crippen LogP contribution in [0.3, 0.4) is 0 Å². The van der Waals surface area contributed by atoms with E-state index in [1.807, 2.05) is 43.1 Å². The lowest BCUT2D eigenvalue weighted by Crippen LogP contribution is -2.35. The molecule has 0 aliphatic rings. The first kappa shape index (κ1) is 14.6. The Bertz CT molecular complexity index is 390. The molecule has 1 rings (SSSR count). The molecule has 0 aliphatic heterocycles. The number of amides is 1. The summed E-state index contributed by atoms with van der Waals surface area (Å²) >= 11 is 0. The van der Waals surface area contributed by atoms with Gasteiger partial charge >= 0.3 is 0 Å². The zero-order chi connectivity index (χ0) is 13.5. The van der Waals surface area contributed by atoms with Crippen molar-refractivity contribution < 1.29 is 4.79 Å². The van der Waals surface area contributed by atoms with Gasteiger partial charge in [-0.05, 0) is 32.4 Å². The Morgan fingerprint density at radius 1 is 1.33 bits per heavy atom. The lowest BCUT2D eigenvalue weighted by Gasteiger charge is -2.25. The maximum absolute atomic E-state index is 12.4. The molecular weight excluding hydrogens is 224 g/mol. The van der Waals surface area contributed by atoms with E-state index in [0.29, 0.717) is 0 Å². The monoisotopic (exact) mass is 248 g/mol. The van der Waals surface area contributed by atoms with E-state index in [9.17, 15) is 4.79 Å². The number of carbonyl (C=O) groups is 1. The maximum Gasteiger partial charge on any atom is 0.255 e. The van der Waals surface area contributed by atoms with Gasteiger partial charge in [0.1, 0.15) is 0 Å². The topological polar surface area (TPSA) is 32.3 Å². The number of benzene rings is 1. The third kappa shape index (κ3) is 3.49. The third-order valence-electron chi connectivity index (χ3n) is 3.21. The van der Waals surface area contributed by atoms with Gasteiger partial charge in [0.05, 0.1) is 5.56 Å². The molecule has 0 fully saturated rings. The Labute approximate surface area is 110 Å². The lowest BCUT2D eigenvalue weighted by atomic mass is 10.1. The van der Waals surface area contributed by atoms with Crippen LogP contribution in [0.25, 0.3) is 0 Å². The molecule has 0 saturated heterocycles. The Morgan fingerprint density at radius 3 is 2.61 bits per heavy atom. The molecule has 1 amide bonds. The van der Waals surface area contributed by atoms with Crippen molar-refractivity contribution in [1.82, 2.24) is 4.90 Å². The Kier molecular flexibility index (Phi) is 5.69. The molecule has 1 atom stereocenters. The lowest BCUT2D eigenvalue weighted by molar-refractivity contribution is 0.0737. The summed E-state index contributed by atoms with van der Waals surface area (Å²) in [7, 11) is 1.88. The smallest absolute Gasteiger partial charge is 0.255 e. The number of nitrogens with zero attached hydrogens (tertiary/aromatic N) is 1. The summed E-state index contributed by atoms with van der Waals surface area (Å²) in [5.41, 5.74) is 1.67. The molecule has 1 aromatic rings. The van der Waals surface area contributed by atoms with Crippen LogP contribution in [0.4, 0.5) is 5.69 Å². The van der Waals surface area contributed by atoms with Crippen LogP contribution in [-0.2, 0) is 0 Å². The van der Waals surface area contributed by atoms with Crippen molar-refractivity contribution in [3.8, 4) is 0 Å². The van der Waals surface area contributed by atoms with E-state index in [1.54, 1.807) is 0 Å². The summed E-state index contributed by atoms with van der Waals surface area (Å²) in [5, 5.41) is 3.24. The van der Waals surface area contributed by atoms with Crippen molar-refractivity contribution >= 4 is 11.6 Å². The maximum atomic E-state index is 12.4. The molecule has 18 heavy (non-hydrogen) atoms. The van der Waals surface area contributed by atoms with Crippen molar-refractivity contribution in [2.75, 3.05) is 18.9 Å². The summed E-state index contributed by atoms with van der Waals surface area (Å²) in [6.07, 6.45) is 2.12. The largest absolute Gasteiger partial charge is 0.385 e. The number of hydrogen-bond acceptors (Lipinski definition) is 2. The number of hydrogen-bond donors (Lipinski definition) is 1. The van der Waals surface area contributed by atoms with E-state index in [0.717, 1.165) is 30.6 Å². The second-order valence-electron chi connectivity index (χ2n) is 4.63. The van der Waals surface area contributed by atoms with Gasteiger partial charge in [-0.2, -0.15) is 0 Å². The second kappa shape index (κ2) is 7.04. The number of carbonyl (C=O) groups excluding carboxylic acids is 1. The summed E-state index contributed by atoms with van der Waals surface area (Å²) in [6.45, 7) is 7.09. The minimum atomic E-state index is 0.0903. The zero-order valence-corrected chi connectivity index (χ0v) is 11.9. The normalized spacial score (nSPS) is 12.0. The van der Waals surface area contributed by atoms with Crippen molar-refractivity contribution in [2.45, 2.75) is 39.7 Å². The van der Waals surface area contributed by atoms with Crippen LogP contribution < -0.4 is 5.32 Å². The minimum Gasteiger partial charge on any atom is -0.385 e. The Morgan fingerprint density at radius 2 is 2.00 bits per heavy atom. The molecule has 1 N–H and O–H groups in total. The highest BCUT2D eigenvalue weighted by Crippen LogP contribution is 2.18. The summed E-state index contributed by atoms with van der Waals surface area (Å²) in [4.78, 5) is 14.3. The van der Waals surface area contributed by atoms with E-state index in [2.05, 4.69) is 19.2 Å². The zero-order valence-electron chi connectivity index (χ0n) is 11.9. The highest BCUT2D eigenvalue weighted by Gasteiger charge is 2.18. The van der Waals surface area contributed by atoms with Gasteiger partial charge < -0.3 is 10.2 Å². The fourth-order valence-electron chi connectivity index (χ4n) is 2.02.